The SMILES string of the molecule is [Co+2].[Na+].[O-2].[O-2].[O-2].[O-2].[V+5]. The third-order valence-electron chi connectivity index (χ3n) is 0. The summed E-state index contributed by atoms with van der Waals surface area (Å²) >= 11 is 0. The first-order chi connectivity index (χ1) is 0. The van der Waals surface area contributed by atoms with Crippen LogP contribution in [0.4, 0.5) is 0 Å². The fourth-order valence-corrected chi connectivity index (χ4v) is 0. The third-order valence-corrected chi connectivity index (χ3v) is 0. The summed E-state index contributed by atoms with van der Waals surface area (Å²) < 4.78 is 0. The molecule has 39 valence electrons. The summed E-state index contributed by atoms with van der Waals surface area (Å²) in [6.45, 7) is 0. The molecule has 0 fully saturated rings. The second kappa shape index (κ2) is 102. The zero-order valence-electron chi connectivity index (χ0n) is 3.41. The number of hydrogen-bond donors (Lipinski definition) is 0. The Bertz CT molecular complexity index is 11.7. The Morgan fingerprint density at radius 1 is 0.571 bits per heavy atom. The van der Waals surface area contributed by atoms with Gasteiger partial charge in [0.25, 0.3) is 0 Å². The molecule has 0 heterocycles. The van der Waals surface area contributed by atoms with Crippen molar-refractivity contribution in [2.75, 3.05) is 0 Å². The van der Waals surface area contributed by atoms with Crippen LogP contribution >= 0.6 is 0 Å². The van der Waals surface area contributed by atoms with Crippen LogP contribution in [0.1, 0.15) is 0 Å². The molecule has 0 atom stereocenters. The molecule has 0 aromatic heterocycles. The van der Waals surface area contributed by atoms with Crippen molar-refractivity contribution in [2.45, 2.75) is 0 Å². The molecular weight excluding hydrogens is 197 g/mol. The zero-order chi connectivity index (χ0) is 0. The number of hydrogen-bond acceptors (Lipinski definition) is 0. The fraction of sp³-hybridized carbons (Fsp3) is 0. The van der Waals surface area contributed by atoms with E-state index in [-0.39, 0.29) is 86.8 Å². The van der Waals surface area contributed by atoms with Gasteiger partial charge in [0.05, 0.1) is 0 Å². The minimum absolute atomic E-state index is 0. The van der Waals surface area contributed by atoms with Crippen molar-refractivity contribution in [2.24, 2.45) is 0 Å². The number of rotatable bonds is 0. The van der Waals surface area contributed by atoms with Crippen LogP contribution in [0.15, 0.2) is 0 Å². The first-order valence-electron chi connectivity index (χ1n) is 0. The minimum atomic E-state index is 0. The van der Waals surface area contributed by atoms with Crippen molar-refractivity contribution in [3.63, 3.8) is 0 Å². The average Bonchev–Trinajstić information content (AvgIpc) is 0. The average molecular weight is 197 g/mol. The maximum absolute atomic E-state index is 0. The van der Waals surface area contributed by atoms with Crippen LogP contribution in [0.3, 0.4) is 0 Å². The largest absolute Gasteiger partial charge is 5.00 e. The van der Waals surface area contributed by atoms with Gasteiger partial charge in [0.15, 0.2) is 0 Å². The molecular formula is CoNaO4V. The van der Waals surface area contributed by atoms with Crippen LogP contribution in [-0.2, 0) is 57.2 Å². The summed E-state index contributed by atoms with van der Waals surface area (Å²) in [6, 6.07) is 0. The summed E-state index contributed by atoms with van der Waals surface area (Å²) in [5.74, 6) is 0. The van der Waals surface area contributed by atoms with Gasteiger partial charge in [0.2, 0.25) is 0 Å². The Labute approximate surface area is 86.0 Å². The molecule has 0 saturated heterocycles. The van der Waals surface area contributed by atoms with Gasteiger partial charge in [-0.05, 0) is 0 Å². The molecule has 0 spiro atoms. The van der Waals surface area contributed by atoms with E-state index < -0.39 is 0 Å². The maximum atomic E-state index is 0. The van der Waals surface area contributed by atoms with Crippen molar-refractivity contribution in [3.05, 3.63) is 0 Å². The second-order valence-corrected chi connectivity index (χ2v) is 0. The molecule has 0 amide bonds. The molecule has 7 heteroatoms. The predicted molar refractivity (Wildman–Crippen MR) is 2.75 cm³/mol. The summed E-state index contributed by atoms with van der Waals surface area (Å²) in [5, 5.41) is 0. The van der Waals surface area contributed by atoms with E-state index in [0.29, 0.717) is 0 Å². The molecule has 1 radical (unpaired) electrons. The van der Waals surface area contributed by atoms with E-state index in [9.17, 15) is 0 Å². The molecule has 0 bridgehead atoms. The molecule has 0 rings (SSSR count). The molecule has 0 aromatic rings. The van der Waals surface area contributed by atoms with Crippen LogP contribution in [-0.4, -0.2) is 0 Å². The van der Waals surface area contributed by atoms with Gasteiger partial charge in [-0.25, -0.2) is 0 Å². The quantitative estimate of drug-likeness (QED) is 0.359. The normalized spacial score (nSPS) is 0. The van der Waals surface area contributed by atoms with Crippen LogP contribution in [0, 0.1) is 0 Å². The second-order valence-electron chi connectivity index (χ2n) is 0. The molecule has 0 aromatic carbocycles. The van der Waals surface area contributed by atoms with E-state index in [1.165, 1.54) is 0 Å². The summed E-state index contributed by atoms with van der Waals surface area (Å²) in [6.07, 6.45) is 0. The van der Waals surface area contributed by atoms with E-state index >= 15 is 0 Å². The van der Waals surface area contributed by atoms with E-state index in [1.807, 2.05) is 0 Å². The third kappa shape index (κ3) is 74.8. The van der Waals surface area contributed by atoms with Crippen LogP contribution < -0.4 is 29.6 Å². The smallest absolute Gasteiger partial charge is 2.00 e. The molecule has 0 aliphatic carbocycles. The van der Waals surface area contributed by atoms with Gasteiger partial charge in [-0.15, -0.1) is 0 Å². The predicted octanol–water partition coefficient (Wildman–Crippen LogP) is -3.48. The van der Waals surface area contributed by atoms with Crippen molar-refractivity contribution in [3.8, 4) is 0 Å². The molecule has 0 aliphatic rings. The van der Waals surface area contributed by atoms with Crippen molar-refractivity contribution < 1.29 is 86.8 Å². The van der Waals surface area contributed by atoms with Gasteiger partial charge in [-0.3, -0.25) is 0 Å². The zero-order valence-corrected chi connectivity index (χ0v) is 7.85. The Morgan fingerprint density at radius 2 is 0.571 bits per heavy atom. The van der Waals surface area contributed by atoms with Crippen molar-refractivity contribution in [1.82, 2.24) is 0 Å². The van der Waals surface area contributed by atoms with Crippen LogP contribution in [0.25, 0.3) is 0 Å². The van der Waals surface area contributed by atoms with E-state index in [1.54, 1.807) is 0 Å². The van der Waals surface area contributed by atoms with E-state index in [2.05, 4.69) is 0 Å². The van der Waals surface area contributed by atoms with Crippen LogP contribution in [0.5, 0.6) is 0 Å². The van der Waals surface area contributed by atoms with Gasteiger partial charge < -0.3 is 21.9 Å². The minimum Gasteiger partial charge on any atom is -2.00 e. The molecule has 0 saturated carbocycles. The monoisotopic (exact) mass is 197 g/mol. The molecule has 7 heavy (non-hydrogen) atoms. The van der Waals surface area contributed by atoms with Gasteiger partial charge >= 0.3 is 64.9 Å². The topological polar surface area (TPSA) is 114 Å². The Morgan fingerprint density at radius 3 is 0.571 bits per heavy atom. The summed E-state index contributed by atoms with van der Waals surface area (Å²) in [4.78, 5) is 0. The van der Waals surface area contributed by atoms with Gasteiger partial charge in [0.1, 0.15) is 0 Å². The van der Waals surface area contributed by atoms with Gasteiger partial charge in [0, 0.05) is 0 Å². The van der Waals surface area contributed by atoms with E-state index in [4.69, 9.17) is 0 Å². The van der Waals surface area contributed by atoms with Crippen molar-refractivity contribution in [1.29, 1.82) is 0 Å². The molecule has 0 N–H and O–H groups in total. The first-order valence-corrected chi connectivity index (χ1v) is 0. The molecule has 0 aliphatic heterocycles. The van der Waals surface area contributed by atoms with Gasteiger partial charge in [-0.2, -0.15) is 0 Å². The van der Waals surface area contributed by atoms with Crippen LogP contribution in [0.2, 0.25) is 0 Å². The first kappa shape index (κ1) is 151. The summed E-state index contributed by atoms with van der Waals surface area (Å²) in [7, 11) is 0. The molecule has 4 nitrogen and oxygen atoms in total. The Balaban J connectivity index is 0. The standard InChI is InChI=1S/Co.Na.4O.V/q+2;+1;4*-2;+5. The van der Waals surface area contributed by atoms with Gasteiger partial charge in [-0.1, -0.05) is 0 Å². The van der Waals surface area contributed by atoms with Crippen molar-refractivity contribution >= 4 is 0 Å². The Kier molecular flexibility index (Phi) is 2200. The summed E-state index contributed by atoms with van der Waals surface area (Å²) in [5.41, 5.74) is 0. The van der Waals surface area contributed by atoms with E-state index in [0.717, 1.165) is 0 Å². The maximum Gasteiger partial charge on any atom is 5.00 e. The molecule has 0 unspecified atom stereocenters. The fourth-order valence-electron chi connectivity index (χ4n) is 0. The Hall–Kier alpha value is 1.93.